The minimum atomic E-state index is -0.616. The van der Waals surface area contributed by atoms with Gasteiger partial charge in [0.1, 0.15) is 0 Å². The van der Waals surface area contributed by atoms with Crippen LogP contribution in [0.5, 0.6) is 5.75 Å². The van der Waals surface area contributed by atoms with Gasteiger partial charge in [0.15, 0.2) is 5.75 Å². The van der Waals surface area contributed by atoms with Crippen molar-refractivity contribution in [3.05, 3.63) is 61.6 Å². The van der Waals surface area contributed by atoms with E-state index in [4.69, 9.17) is 11.6 Å². The summed E-state index contributed by atoms with van der Waals surface area (Å²) in [6.07, 6.45) is 0. The van der Waals surface area contributed by atoms with Crippen molar-refractivity contribution in [2.45, 2.75) is 6.54 Å². The summed E-state index contributed by atoms with van der Waals surface area (Å²) in [7, 11) is 0. The van der Waals surface area contributed by atoms with Gasteiger partial charge in [0.25, 0.3) is 0 Å². The first kappa shape index (κ1) is 14.6. The Morgan fingerprint density at radius 1 is 1.30 bits per heavy atom. The number of nitrogens with zero attached hydrogens (tertiary/aromatic N) is 1. The van der Waals surface area contributed by atoms with Gasteiger partial charge in [-0.25, -0.2) is 0 Å². The second-order valence-electron chi connectivity index (χ2n) is 4.06. The van der Waals surface area contributed by atoms with Gasteiger partial charge in [-0.05, 0) is 45.8 Å². The summed E-state index contributed by atoms with van der Waals surface area (Å²) in [5, 5.41) is 23.8. The van der Waals surface area contributed by atoms with Gasteiger partial charge in [0, 0.05) is 22.8 Å². The van der Waals surface area contributed by atoms with Crippen LogP contribution in [0, 0.1) is 10.1 Å². The minimum absolute atomic E-state index is 0.307. The van der Waals surface area contributed by atoms with Crippen molar-refractivity contribution < 1.29 is 10.0 Å². The topological polar surface area (TPSA) is 75.4 Å². The number of benzene rings is 2. The number of phenols is 1. The molecule has 2 rings (SSSR count). The van der Waals surface area contributed by atoms with E-state index in [0.717, 1.165) is 10.2 Å². The molecule has 0 saturated heterocycles. The Labute approximate surface area is 128 Å². The van der Waals surface area contributed by atoms with Crippen molar-refractivity contribution in [3.8, 4) is 5.75 Å². The Balaban J connectivity index is 2.12. The van der Waals surface area contributed by atoms with Crippen LogP contribution in [0.3, 0.4) is 0 Å². The molecule has 0 spiro atoms. The summed E-state index contributed by atoms with van der Waals surface area (Å²) in [6, 6.07) is 9.66. The second-order valence-corrected chi connectivity index (χ2v) is 5.32. The molecule has 0 bridgehead atoms. The molecule has 0 atom stereocenters. The van der Waals surface area contributed by atoms with Crippen molar-refractivity contribution in [1.29, 1.82) is 0 Å². The van der Waals surface area contributed by atoms with Crippen LogP contribution >= 0.6 is 27.5 Å². The predicted molar refractivity (Wildman–Crippen MR) is 81.2 cm³/mol. The van der Waals surface area contributed by atoms with E-state index in [1.54, 1.807) is 12.1 Å². The highest BCUT2D eigenvalue weighted by Gasteiger charge is 2.13. The molecule has 0 saturated carbocycles. The van der Waals surface area contributed by atoms with Crippen LogP contribution in [-0.4, -0.2) is 10.0 Å². The summed E-state index contributed by atoms with van der Waals surface area (Å²) < 4.78 is 0.796. The lowest BCUT2D eigenvalue weighted by Crippen LogP contribution is -2.00. The summed E-state index contributed by atoms with van der Waals surface area (Å²) in [4.78, 5) is 10.1. The fourth-order valence-corrected chi connectivity index (χ4v) is 2.06. The molecule has 5 nitrogen and oxygen atoms in total. The molecule has 0 heterocycles. The van der Waals surface area contributed by atoms with Crippen LogP contribution in [0.1, 0.15) is 5.56 Å². The quantitative estimate of drug-likeness (QED) is 0.631. The zero-order valence-corrected chi connectivity index (χ0v) is 12.5. The average molecular weight is 358 g/mol. The number of nitro benzene ring substituents is 1. The normalized spacial score (nSPS) is 10.3. The van der Waals surface area contributed by atoms with Crippen molar-refractivity contribution in [3.63, 3.8) is 0 Å². The van der Waals surface area contributed by atoms with Crippen molar-refractivity contribution in [2.75, 3.05) is 5.32 Å². The monoisotopic (exact) mass is 356 g/mol. The summed E-state index contributed by atoms with van der Waals surface area (Å²) >= 11 is 9.27. The highest BCUT2D eigenvalue weighted by Crippen LogP contribution is 2.28. The van der Waals surface area contributed by atoms with E-state index in [9.17, 15) is 15.2 Å². The van der Waals surface area contributed by atoms with E-state index in [-0.39, 0.29) is 11.4 Å². The van der Waals surface area contributed by atoms with Gasteiger partial charge in [-0.15, -0.1) is 0 Å². The average Bonchev–Trinajstić information content (AvgIpc) is 2.41. The molecule has 0 aliphatic rings. The molecule has 0 fully saturated rings. The molecular formula is C13H10BrClN2O3. The maximum atomic E-state index is 10.7. The van der Waals surface area contributed by atoms with Gasteiger partial charge in [-0.3, -0.25) is 10.1 Å². The van der Waals surface area contributed by atoms with Crippen LogP contribution in [0.15, 0.2) is 40.9 Å². The van der Waals surface area contributed by atoms with Crippen molar-refractivity contribution >= 4 is 38.9 Å². The fraction of sp³-hybridized carbons (Fsp3) is 0.0769. The van der Waals surface area contributed by atoms with E-state index in [2.05, 4.69) is 21.2 Å². The molecule has 2 aromatic rings. The third kappa shape index (κ3) is 3.40. The molecule has 7 heteroatoms. The largest absolute Gasteiger partial charge is 0.502 e. The summed E-state index contributed by atoms with van der Waals surface area (Å²) in [5.41, 5.74) is 1.18. The molecular weight excluding hydrogens is 348 g/mol. The van der Waals surface area contributed by atoms with Gasteiger partial charge in [-0.2, -0.15) is 0 Å². The molecule has 20 heavy (non-hydrogen) atoms. The van der Waals surface area contributed by atoms with E-state index in [0.29, 0.717) is 17.1 Å². The van der Waals surface area contributed by atoms with E-state index in [1.165, 1.54) is 12.1 Å². The highest BCUT2D eigenvalue weighted by atomic mass is 79.9. The van der Waals surface area contributed by atoms with Gasteiger partial charge < -0.3 is 10.4 Å². The molecule has 0 unspecified atom stereocenters. The first-order chi connectivity index (χ1) is 9.47. The highest BCUT2D eigenvalue weighted by molar-refractivity contribution is 9.10. The maximum Gasteiger partial charge on any atom is 0.311 e. The van der Waals surface area contributed by atoms with Crippen LogP contribution in [0.25, 0.3) is 0 Å². The van der Waals surface area contributed by atoms with Crippen LogP contribution < -0.4 is 5.32 Å². The number of halogens is 2. The standard InChI is InChI=1S/C13H10BrClN2O3/c14-10-3-2-9(6-11(10)15)16-7-8-1-4-13(18)12(5-8)17(19)20/h1-6,16,18H,7H2. The molecule has 0 aromatic heterocycles. The molecule has 0 aliphatic heterocycles. The van der Waals surface area contributed by atoms with Gasteiger partial charge >= 0.3 is 5.69 Å². The smallest absolute Gasteiger partial charge is 0.311 e. The second kappa shape index (κ2) is 6.11. The number of rotatable bonds is 4. The van der Waals surface area contributed by atoms with Crippen LogP contribution in [0.2, 0.25) is 5.02 Å². The van der Waals surface area contributed by atoms with E-state index in [1.807, 2.05) is 12.1 Å². The number of anilines is 1. The maximum absolute atomic E-state index is 10.7. The number of phenolic OH excluding ortho intramolecular Hbond substituents is 1. The van der Waals surface area contributed by atoms with E-state index < -0.39 is 4.92 Å². The third-order valence-electron chi connectivity index (χ3n) is 2.65. The first-order valence-electron chi connectivity index (χ1n) is 5.62. The lowest BCUT2D eigenvalue weighted by atomic mass is 10.2. The van der Waals surface area contributed by atoms with Crippen molar-refractivity contribution in [2.24, 2.45) is 0 Å². The Bertz CT molecular complexity index is 664. The molecule has 104 valence electrons. The van der Waals surface area contributed by atoms with E-state index >= 15 is 0 Å². The Morgan fingerprint density at radius 3 is 2.70 bits per heavy atom. The Kier molecular flexibility index (Phi) is 4.46. The summed E-state index contributed by atoms with van der Waals surface area (Å²) in [6.45, 7) is 0.388. The fourth-order valence-electron chi connectivity index (χ4n) is 1.64. The SMILES string of the molecule is O=[N+]([O-])c1cc(CNc2ccc(Br)c(Cl)c2)ccc1O. The summed E-state index contributed by atoms with van der Waals surface area (Å²) in [5.74, 6) is -0.342. The zero-order valence-electron chi connectivity index (χ0n) is 10.1. The number of nitro groups is 1. The lowest BCUT2D eigenvalue weighted by Gasteiger charge is -2.08. The Hall–Kier alpha value is -1.79. The molecule has 2 N–H and O–H groups in total. The molecule has 0 aliphatic carbocycles. The molecule has 0 radical (unpaired) electrons. The number of aromatic hydroxyl groups is 1. The van der Waals surface area contributed by atoms with Gasteiger partial charge in [-0.1, -0.05) is 17.7 Å². The van der Waals surface area contributed by atoms with Gasteiger partial charge in [0.2, 0.25) is 0 Å². The molecule has 0 amide bonds. The number of hydrogen-bond donors (Lipinski definition) is 2. The molecule has 2 aromatic carbocycles. The zero-order chi connectivity index (χ0) is 14.7. The van der Waals surface area contributed by atoms with Crippen molar-refractivity contribution in [1.82, 2.24) is 0 Å². The van der Waals surface area contributed by atoms with Crippen LogP contribution in [-0.2, 0) is 6.54 Å². The predicted octanol–water partition coefficient (Wildman–Crippen LogP) is 4.33. The first-order valence-corrected chi connectivity index (χ1v) is 6.79. The number of nitrogens with one attached hydrogen (secondary N) is 1. The lowest BCUT2D eigenvalue weighted by molar-refractivity contribution is -0.385. The minimum Gasteiger partial charge on any atom is -0.502 e. The number of hydrogen-bond acceptors (Lipinski definition) is 4. The van der Waals surface area contributed by atoms with Crippen LogP contribution in [0.4, 0.5) is 11.4 Å². The third-order valence-corrected chi connectivity index (χ3v) is 3.89. The van der Waals surface area contributed by atoms with Gasteiger partial charge in [0.05, 0.1) is 9.95 Å². The Morgan fingerprint density at radius 2 is 2.05 bits per heavy atom.